The van der Waals surface area contributed by atoms with Crippen LogP contribution in [0.25, 0.3) is 0 Å². The van der Waals surface area contributed by atoms with E-state index in [2.05, 4.69) is 4.72 Å². The first kappa shape index (κ1) is 14.4. The van der Waals surface area contributed by atoms with Gasteiger partial charge in [-0.25, -0.2) is 8.42 Å². The minimum absolute atomic E-state index is 0.551. The summed E-state index contributed by atoms with van der Waals surface area (Å²) in [6.07, 6.45) is 3.50. The standard InChI is InChI=1S/C17H16N2O2S/c20-22(21,18-16-11-5-2-6-12-16)17(19-13-7-8-14-19)15-9-3-1-4-10-15/h1-14,17-18H. The molecule has 0 aliphatic rings. The van der Waals surface area contributed by atoms with Crippen molar-refractivity contribution in [3.05, 3.63) is 90.8 Å². The molecule has 1 aromatic heterocycles. The van der Waals surface area contributed by atoms with Crippen LogP contribution in [0.4, 0.5) is 5.69 Å². The number of sulfonamides is 1. The zero-order valence-electron chi connectivity index (χ0n) is 11.8. The lowest BCUT2D eigenvalue weighted by Gasteiger charge is -2.21. The van der Waals surface area contributed by atoms with Crippen molar-refractivity contribution in [1.82, 2.24) is 4.57 Å². The van der Waals surface area contributed by atoms with Gasteiger partial charge in [-0.1, -0.05) is 48.5 Å². The van der Waals surface area contributed by atoms with Gasteiger partial charge in [0.2, 0.25) is 0 Å². The molecule has 0 aliphatic heterocycles. The van der Waals surface area contributed by atoms with Crippen LogP contribution in [-0.4, -0.2) is 13.0 Å². The van der Waals surface area contributed by atoms with Crippen LogP contribution in [0, 0.1) is 0 Å². The molecule has 0 radical (unpaired) electrons. The summed E-state index contributed by atoms with van der Waals surface area (Å²) in [6, 6.07) is 21.7. The van der Waals surface area contributed by atoms with E-state index in [1.165, 1.54) is 0 Å². The van der Waals surface area contributed by atoms with Gasteiger partial charge in [-0.2, -0.15) is 0 Å². The highest BCUT2D eigenvalue weighted by Crippen LogP contribution is 2.26. The fraction of sp³-hybridized carbons (Fsp3) is 0.0588. The normalized spacial score (nSPS) is 12.7. The molecular weight excluding hydrogens is 296 g/mol. The third kappa shape index (κ3) is 3.04. The van der Waals surface area contributed by atoms with Crippen molar-refractivity contribution in [3.63, 3.8) is 0 Å². The molecule has 2 aromatic carbocycles. The number of hydrogen-bond donors (Lipinski definition) is 1. The van der Waals surface area contributed by atoms with Crippen LogP contribution in [0.15, 0.2) is 85.2 Å². The van der Waals surface area contributed by atoms with E-state index >= 15 is 0 Å². The smallest absolute Gasteiger partial charge is 0.258 e. The van der Waals surface area contributed by atoms with Crippen molar-refractivity contribution in [2.45, 2.75) is 5.37 Å². The van der Waals surface area contributed by atoms with Crippen LogP contribution in [0.5, 0.6) is 0 Å². The Morgan fingerprint density at radius 3 is 1.91 bits per heavy atom. The molecule has 0 spiro atoms. The van der Waals surface area contributed by atoms with Crippen molar-refractivity contribution >= 4 is 15.7 Å². The molecule has 1 atom stereocenters. The lowest BCUT2D eigenvalue weighted by atomic mass is 10.2. The summed E-state index contributed by atoms with van der Waals surface area (Å²) in [5.41, 5.74) is 1.26. The maximum absolute atomic E-state index is 12.9. The Labute approximate surface area is 130 Å². The second kappa shape index (κ2) is 6.07. The van der Waals surface area contributed by atoms with Crippen molar-refractivity contribution in [3.8, 4) is 0 Å². The van der Waals surface area contributed by atoms with Crippen molar-refractivity contribution in [2.75, 3.05) is 4.72 Å². The lowest BCUT2D eigenvalue weighted by Crippen LogP contribution is -2.26. The van der Waals surface area contributed by atoms with Gasteiger partial charge in [-0.15, -0.1) is 0 Å². The van der Waals surface area contributed by atoms with E-state index in [1.54, 1.807) is 41.2 Å². The maximum atomic E-state index is 12.9. The Morgan fingerprint density at radius 2 is 1.32 bits per heavy atom. The number of rotatable bonds is 5. The van der Waals surface area contributed by atoms with Gasteiger partial charge in [0.25, 0.3) is 10.0 Å². The molecule has 0 saturated carbocycles. The van der Waals surface area contributed by atoms with E-state index in [4.69, 9.17) is 0 Å². The number of benzene rings is 2. The quantitative estimate of drug-likeness (QED) is 0.784. The number of hydrogen-bond acceptors (Lipinski definition) is 2. The average molecular weight is 312 g/mol. The Kier molecular flexibility index (Phi) is 3.98. The monoisotopic (exact) mass is 312 g/mol. The van der Waals surface area contributed by atoms with Gasteiger partial charge in [0.15, 0.2) is 5.37 Å². The van der Waals surface area contributed by atoms with Crippen molar-refractivity contribution < 1.29 is 8.42 Å². The predicted octanol–water partition coefficient (Wildman–Crippen LogP) is 3.48. The molecule has 1 unspecified atom stereocenters. The van der Waals surface area contributed by atoms with Crippen LogP contribution in [0.1, 0.15) is 10.9 Å². The van der Waals surface area contributed by atoms with E-state index in [0.717, 1.165) is 0 Å². The van der Waals surface area contributed by atoms with Crippen LogP contribution in [-0.2, 0) is 10.0 Å². The van der Waals surface area contributed by atoms with Crippen molar-refractivity contribution in [1.29, 1.82) is 0 Å². The van der Waals surface area contributed by atoms with Gasteiger partial charge in [-0.3, -0.25) is 4.72 Å². The molecule has 0 fully saturated rings. The Balaban J connectivity index is 2.02. The molecule has 3 aromatic rings. The summed E-state index contributed by atoms with van der Waals surface area (Å²) in [4.78, 5) is 0. The molecule has 112 valence electrons. The first-order chi connectivity index (χ1) is 10.7. The van der Waals surface area contributed by atoms with Crippen LogP contribution < -0.4 is 4.72 Å². The minimum Gasteiger partial charge on any atom is -0.332 e. The van der Waals surface area contributed by atoms with E-state index in [1.807, 2.05) is 48.5 Å². The summed E-state index contributed by atoms with van der Waals surface area (Å²) >= 11 is 0. The predicted molar refractivity (Wildman–Crippen MR) is 88.0 cm³/mol. The highest BCUT2D eigenvalue weighted by atomic mass is 32.2. The lowest BCUT2D eigenvalue weighted by molar-refractivity contribution is 0.574. The third-order valence-electron chi connectivity index (χ3n) is 3.31. The summed E-state index contributed by atoms with van der Waals surface area (Å²) in [5.74, 6) is 0. The molecule has 3 rings (SSSR count). The summed E-state index contributed by atoms with van der Waals surface area (Å²) in [6.45, 7) is 0. The molecule has 22 heavy (non-hydrogen) atoms. The fourth-order valence-corrected chi connectivity index (χ4v) is 3.91. The number of para-hydroxylation sites is 1. The fourth-order valence-electron chi connectivity index (χ4n) is 2.36. The van der Waals surface area contributed by atoms with E-state index in [-0.39, 0.29) is 0 Å². The highest BCUT2D eigenvalue weighted by Gasteiger charge is 2.28. The van der Waals surface area contributed by atoms with Crippen LogP contribution >= 0.6 is 0 Å². The zero-order chi connectivity index (χ0) is 15.4. The molecular formula is C17H16N2O2S. The minimum atomic E-state index is -3.64. The summed E-state index contributed by atoms with van der Waals surface area (Å²) < 4.78 is 30.1. The maximum Gasteiger partial charge on any atom is 0.258 e. The molecule has 5 heteroatoms. The van der Waals surface area contributed by atoms with Gasteiger partial charge >= 0.3 is 0 Å². The molecule has 1 N–H and O–H groups in total. The van der Waals surface area contributed by atoms with E-state index in [0.29, 0.717) is 11.3 Å². The van der Waals surface area contributed by atoms with E-state index < -0.39 is 15.4 Å². The second-order valence-corrected chi connectivity index (χ2v) is 6.65. The highest BCUT2D eigenvalue weighted by molar-refractivity contribution is 7.92. The molecule has 4 nitrogen and oxygen atoms in total. The van der Waals surface area contributed by atoms with Gasteiger partial charge in [0.1, 0.15) is 0 Å². The first-order valence-electron chi connectivity index (χ1n) is 6.91. The molecule has 1 heterocycles. The largest absolute Gasteiger partial charge is 0.332 e. The Morgan fingerprint density at radius 1 is 0.773 bits per heavy atom. The zero-order valence-corrected chi connectivity index (χ0v) is 12.6. The summed E-state index contributed by atoms with van der Waals surface area (Å²) in [5, 5.41) is -0.816. The van der Waals surface area contributed by atoms with Gasteiger partial charge in [0, 0.05) is 18.1 Å². The first-order valence-corrected chi connectivity index (χ1v) is 8.45. The van der Waals surface area contributed by atoms with Gasteiger partial charge in [-0.05, 0) is 29.8 Å². The van der Waals surface area contributed by atoms with Crippen molar-refractivity contribution in [2.24, 2.45) is 0 Å². The number of anilines is 1. The molecule has 0 saturated heterocycles. The average Bonchev–Trinajstić information content (AvgIpc) is 3.02. The van der Waals surface area contributed by atoms with E-state index in [9.17, 15) is 8.42 Å². The molecule has 0 bridgehead atoms. The number of aromatic nitrogens is 1. The summed E-state index contributed by atoms with van der Waals surface area (Å²) in [7, 11) is -3.64. The molecule has 0 amide bonds. The third-order valence-corrected chi connectivity index (χ3v) is 4.93. The number of nitrogens with one attached hydrogen (secondary N) is 1. The number of nitrogens with zero attached hydrogens (tertiary/aromatic N) is 1. The Hall–Kier alpha value is -2.53. The van der Waals surface area contributed by atoms with Gasteiger partial charge in [0.05, 0.1) is 0 Å². The Bertz CT molecular complexity index is 814. The second-order valence-electron chi connectivity index (χ2n) is 4.91. The molecule has 0 aliphatic carbocycles. The van der Waals surface area contributed by atoms with Gasteiger partial charge < -0.3 is 4.57 Å². The SMILES string of the molecule is O=S(=O)(Nc1ccccc1)C(c1ccccc1)n1cccc1. The van der Waals surface area contributed by atoms with Crippen LogP contribution in [0.2, 0.25) is 0 Å². The van der Waals surface area contributed by atoms with Crippen LogP contribution in [0.3, 0.4) is 0 Å². The topological polar surface area (TPSA) is 51.1 Å².